The number of nitrogens with zero attached hydrogens (tertiary/aromatic N) is 1. The monoisotopic (exact) mass is 278 g/mol. The Morgan fingerprint density at radius 3 is 2.67 bits per heavy atom. The quantitative estimate of drug-likeness (QED) is 0.707. The molecule has 0 atom stereocenters. The van der Waals surface area contributed by atoms with Crippen molar-refractivity contribution < 1.29 is 5.11 Å². The maximum absolute atomic E-state index is 9.57. The van der Waals surface area contributed by atoms with E-state index in [1.165, 1.54) is 10.9 Å². The maximum atomic E-state index is 9.57. The summed E-state index contributed by atoms with van der Waals surface area (Å²) in [6.45, 7) is 4.64. The Balaban J connectivity index is 1.89. The summed E-state index contributed by atoms with van der Waals surface area (Å²) in [6.07, 6.45) is 0. The summed E-state index contributed by atoms with van der Waals surface area (Å²) < 4.78 is 0. The Bertz CT molecular complexity index is 796. The molecule has 0 aliphatic heterocycles. The van der Waals surface area contributed by atoms with Crippen molar-refractivity contribution in [2.75, 3.05) is 5.32 Å². The molecule has 1 heterocycles. The van der Waals surface area contributed by atoms with Crippen LogP contribution in [0.5, 0.6) is 5.75 Å². The van der Waals surface area contributed by atoms with Crippen molar-refractivity contribution in [3.05, 3.63) is 65.4 Å². The third kappa shape index (κ3) is 2.82. The number of pyridine rings is 1. The smallest absolute Gasteiger partial charge is 0.118 e. The molecule has 1 aromatic heterocycles. The van der Waals surface area contributed by atoms with E-state index in [-0.39, 0.29) is 0 Å². The van der Waals surface area contributed by atoms with Crippen LogP contribution in [0.4, 0.5) is 5.69 Å². The van der Waals surface area contributed by atoms with Crippen molar-refractivity contribution in [2.45, 2.75) is 20.4 Å². The molecule has 21 heavy (non-hydrogen) atoms. The molecule has 0 bridgehead atoms. The number of rotatable bonds is 3. The molecule has 0 saturated carbocycles. The number of aryl methyl sites for hydroxylation is 2. The summed E-state index contributed by atoms with van der Waals surface area (Å²) in [5.41, 5.74) is 5.15. The molecule has 0 spiro atoms. The van der Waals surface area contributed by atoms with Gasteiger partial charge < -0.3 is 10.4 Å². The summed E-state index contributed by atoms with van der Waals surface area (Å²) in [6, 6.07) is 15.8. The minimum Gasteiger partial charge on any atom is -0.508 e. The topological polar surface area (TPSA) is 45.1 Å². The van der Waals surface area contributed by atoms with Crippen LogP contribution in [0.15, 0.2) is 48.5 Å². The highest BCUT2D eigenvalue weighted by molar-refractivity contribution is 5.82. The first-order valence-electron chi connectivity index (χ1n) is 7.02. The van der Waals surface area contributed by atoms with Crippen molar-refractivity contribution in [1.82, 2.24) is 4.98 Å². The summed E-state index contributed by atoms with van der Waals surface area (Å²) in [4.78, 5) is 4.56. The molecule has 2 N–H and O–H groups in total. The second-order valence-electron chi connectivity index (χ2n) is 5.29. The van der Waals surface area contributed by atoms with Crippen LogP contribution in [-0.4, -0.2) is 10.1 Å². The molecule has 3 aromatic rings. The van der Waals surface area contributed by atoms with Gasteiger partial charge in [0, 0.05) is 23.3 Å². The number of hydrogen-bond donors (Lipinski definition) is 2. The van der Waals surface area contributed by atoms with E-state index in [1.54, 1.807) is 6.07 Å². The molecule has 2 aromatic carbocycles. The van der Waals surface area contributed by atoms with Gasteiger partial charge in [0.1, 0.15) is 5.75 Å². The SMILES string of the molecule is Cc1cc(CNc2ccc(O)c(C)c2)c2ccccc2n1. The summed E-state index contributed by atoms with van der Waals surface area (Å²) in [5.74, 6) is 0.325. The fraction of sp³-hybridized carbons (Fsp3) is 0.167. The summed E-state index contributed by atoms with van der Waals surface area (Å²) >= 11 is 0. The number of benzene rings is 2. The Hall–Kier alpha value is -2.55. The van der Waals surface area contributed by atoms with Gasteiger partial charge in [0.25, 0.3) is 0 Å². The van der Waals surface area contributed by atoms with Gasteiger partial charge in [0.15, 0.2) is 0 Å². The number of phenols is 1. The average Bonchev–Trinajstić information content (AvgIpc) is 2.48. The van der Waals surface area contributed by atoms with E-state index in [2.05, 4.69) is 22.4 Å². The molecule has 0 saturated heterocycles. The summed E-state index contributed by atoms with van der Waals surface area (Å²) in [5, 5.41) is 14.2. The van der Waals surface area contributed by atoms with Crippen LogP contribution in [0.3, 0.4) is 0 Å². The number of phenolic OH excluding ortho intramolecular Hbond substituents is 1. The number of nitrogens with one attached hydrogen (secondary N) is 1. The first-order valence-corrected chi connectivity index (χ1v) is 7.02. The van der Waals surface area contributed by atoms with Crippen LogP contribution < -0.4 is 5.32 Å². The van der Waals surface area contributed by atoms with Crippen molar-refractivity contribution in [3.63, 3.8) is 0 Å². The lowest BCUT2D eigenvalue weighted by atomic mass is 10.1. The number of aromatic hydroxyl groups is 1. The second-order valence-corrected chi connectivity index (χ2v) is 5.29. The third-order valence-electron chi connectivity index (χ3n) is 3.61. The lowest BCUT2D eigenvalue weighted by molar-refractivity contribution is 0.471. The fourth-order valence-corrected chi connectivity index (χ4v) is 2.50. The zero-order valence-electron chi connectivity index (χ0n) is 12.2. The zero-order chi connectivity index (χ0) is 14.8. The molecule has 3 nitrogen and oxygen atoms in total. The molecule has 3 rings (SSSR count). The Labute approximate surface area is 124 Å². The van der Waals surface area contributed by atoms with E-state index in [0.29, 0.717) is 5.75 Å². The van der Waals surface area contributed by atoms with Gasteiger partial charge in [-0.05, 0) is 55.3 Å². The largest absolute Gasteiger partial charge is 0.508 e. The van der Waals surface area contributed by atoms with Crippen molar-refractivity contribution in [2.24, 2.45) is 0 Å². The van der Waals surface area contributed by atoms with Gasteiger partial charge in [-0.2, -0.15) is 0 Å². The molecular weight excluding hydrogens is 260 g/mol. The van der Waals surface area contributed by atoms with Gasteiger partial charge in [-0.25, -0.2) is 0 Å². The number of aromatic nitrogens is 1. The Morgan fingerprint density at radius 1 is 1.05 bits per heavy atom. The molecule has 0 fully saturated rings. The van der Waals surface area contributed by atoms with E-state index in [9.17, 15) is 5.11 Å². The fourth-order valence-electron chi connectivity index (χ4n) is 2.50. The minimum atomic E-state index is 0.325. The highest BCUT2D eigenvalue weighted by atomic mass is 16.3. The number of para-hydroxylation sites is 1. The highest BCUT2D eigenvalue weighted by Gasteiger charge is 2.04. The average molecular weight is 278 g/mol. The highest BCUT2D eigenvalue weighted by Crippen LogP contribution is 2.22. The number of anilines is 1. The summed E-state index contributed by atoms with van der Waals surface area (Å²) in [7, 11) is 0. The van der Waals surface area contributed by atoms with Crippen molar-refractivity contribution in [1.29, 1.82) is 0 Å². The van der Waals surface area contributed by atoms with E-state index < -0.39 is 0 Å². The lowest BCUT2D eigenvalue weighted by Gasteiger charge is -2.11. The molecular formula is C18H18N2O. The first-order chi connectivity index (χ1) is 10.1. The predicted molar refractivity (Wildman–Crippen MR) is 86.7 cm³/mol. The van der Waals surface area contributed by atoms with Crippen molar-refractivity contribution >= 4 is 16.6 Å². The van der Waals surface area contributed by atoms with Crippen LogP contribution >= 0.6 is 0 Å². The van der Waals surface area contributed by atoms with Crippen LogP contribution in [-0.2, 0) is 6.54 Å². The van der Waals surface area contributed by atoms with E-state index >= 15 is 0 Å². The minimum absolute atomic E-state index is 0.325. The van der Waals surface area contributed by atoms with Gasteiger partial charge in [-0.15, -0.1) is 0 Å². The molecule has 3 heteroatoms. The maximum Gasteiger partial charge on any atom is 0.118 e. The zero-order valence-corrected chi connectivity index (χ0v) is 12.2. The first kappa shape index (κ1) is 13.4. The molecule has 0 amide bonds. The second kappa shape index (κ2) is 5.44. The van der Waals surface area contributed by atoms with Crippen molar-refractivity contribution in [3.8, 4) is 5.75 Å². The lowest BCUT2D eigenvalue weighted by Crippen LogP contribution is -2.01. The van der Waals surface area contributed by atoms with E-state index in [0.717, 1.165) is 29.0 Å². The van der Waals surface area contributed by atoms with Gasteiger partial charge >= 0.3 is 0 Å². The van der Waals surface area contributed by atoms with Crippen LogP contribution in [0, 0.1) is 13.8 Å². The Kier molecular flexibility index (Phi) is 3.48. The van der Waals surface area contributed by atoms with Gasteiger partial charge in [0.2, 0.25) is 0 Å². The van der Waals surface area contributed by atoms with Gasteiger partial charge in [-0.1, -0.05) is 18.2 Å². The van der Waals surface area contributed by atoms with E-state index in [4.69, 9.17) is 0 Å². The third-order valence-corrected chi connectivity index (χ3v) is 3.61. The predicted octanol–water partition coefficient (Wildman–Crippen LogP) is 4.17. The normalized spacial score (nSPS) is 10.8. The van der Waals surface area contributed by atoms with Gasteiger partial charge in [-0.3, -0.25) is 4.98 Å². The molecule has 0 aliphatic rings. The van der Waals surface area contributed by atoms with Crippen LogP contribution in [0.1, 0.15) is 16.8 Å². The van der Waals surface area contributed by atoms with Gasteiger partial charge in [0.05, 0.1) is 5.52 Å². The van der Waals surface area contributed by atoms with Crippen LogP contribution in [0.2, 0.25) is 0 Å². The standard InChI is InChI=1S/C18H18N2O/c1-12-9-15(7-8-18(12)21)19-11-14-10-13(2)20-17-6-4-3-5-16(14)17/h3-10,19,21H,11H2,1-2H3. The molecule has 0 aliphatic carbocycles. The number of fused-ring (bicyclic) bond motifs is 1. The Morgan fingerprint density at radius 2 is 1.86 bits per heavy atom. The molecule has 0 radical (unpaired) electrons. The van der Waals surface area contributed by atoms with Crippen LogP contribution in [0.25, 0.3) is 10.9 Å². The van der Waals surface area contributed by atoms with E-state index in [1.807, 2.05) is 44.2 Å². The molecule has 0 unspecified atom stereocenters. The molecule has 106 valence electrons. The number of hydrogen-bond acceptors (Lipinski definition) is 3.